The minimum Gasteiger partial charge on any atom is -0.485 e. The molecule has 3 heterocycles. The topological polar surface area (TPSA) is 108 Å². The summed E-state index contributed by atoms with van der Waals surface area (Å²) in [7, 11) is 2.07. The first kappa shape index (κ1) is 20.3. The summed E-state index contributed by atoms with van der Waals surface area (Å²) in [6, 6.07) is 6.93. The number of imide groups is 2. The number of nitrogens with one attached hydrogen (secondary N) is 2. The second-order valence-corrected chi connectivity index (χ2v) is 8.34. The number of para-hydroxylation sites is 1. The fourth-order valence-electron chi connectivity index (χ4n) is 4.31. The number of carbonyl (C=O) groups is 4. The smallest absolute Gasteiger partial charge is 0.328 e. The maximum absolute atomic E-state index is 13.1. The van der Waals surface area contributed by atoms with Gasteiger partial charge < -0.3 is 14.5 Å². The van der Waals surface area contributed by atoms with Gasteiger partial charge in [0.05, 0.1) is 6.54 Å². The highest BCUT2D eigenvalue weighted by Gasteiger charge is 2.42. The van der Waals surface area contributed by atoms with Crippen molar-refractivity contribution in [1.29, 1.82) is 0 Å². The zero-order chi connectivity index (χ0) is 21.3. The summed E-state index contributed by atoms with van der Waals surface area (Å²) in [6.45, 7) is 2.67. The first-order chi connectivity index (χ1) is 14.3. The number of barbiturate groups is 1. The lowest BCUT2D eigenvalue weighted by atomic mass is 9.90. The number of ether oxygens (including phenoxy) is 1. The monoisotopic (exact) mass is 414 g/mol. The van der Waals surface area contributed by atoms with Crippen LogP contribution >= 0.6 is 0 Å². The number of carbonyl (C=O) groups excluding carboxylic acids is 4. The molecular weight excluding hydrogens is 388 g/mol. The van der Waals surface area contributed by atoms with E-state index < -0.39 is 29.4 Å². The maximum Gasteiger partial charge on any atom is 0.328 e. The van der Waals surface area contributed by atoms with E-state index in [-0.39, 0.29) is 18.7 Å². The summed E-state index contributed by atoms with van der Waals surface area (Å²) in [4.78, 5) is 52.2. The van der Waals surface area contributed by atoms with Gasteiger partial charge in [-0.25, -0.2) is 4.79 Å². The minimum absolute atomic E-state index is 0.0395. The van der Waals surface area contributed by atoms with Gasteiger partial charge in [-0.1, -0.05) is 18.2 Å². The van der Waals surface area contributed by atoms with Crippen molar-refractivity contribution in [3.05, 3.63) is 29.8 Å². The van der Waals surface area contributed by atoms with Crippen molar-refractivity contribution in [2.24, 2.45) is 5.92 Å². The summed E-state index contributed by atoms with van der Waals surface area (Å²) in [5.74, 6) is -1.69. The molecule has 3 aliphatic rings. The van der Waals surface area contributed by atoms with E-state index in [4.69, 9.17) is 4.74 Å². The van der Waals surface area contributed by atoms with Crippen LogP contribution in [0.3, 0.4) is 0 Å². The number of hydrogen-bond donors (Lipinski definition) is 2. The Hall–Kier alpha value is -2.94. The first-order valence-electron chi connectivity index (χ1n) is 10.2. The third-order valence-electron chi connectivity index (χ3n) is 6.14. The van der Waals surface area contributed by atoms with Crippen molar-refractivity contribution in [1.82, 2.24) is 20.4 Å². The molecule has 1 spiro atoms. The standard InChI is InChI=1S/C21H26N4O5/c1-24-10-8-21(9-11-24)13-25(12-14-4-2-3-5-16(14)30-21)17(26)7-6-15-18(27)22-20(29)23-19(15)28/h2-5,15H,6-13H2,1H3,(H2,22,23,27,28,29). The van der Waals surface area contributed by atoms with Crippen molar-refractivity contribution < 1.29 is 23.9 Å². The van der Waals surface area contributed by atoms with Gasteiger partial charge >= 0.3 is 6.03 Å². The third-order valence-corrected chi connectivity index (χ3v) is 6.14. The molecule has 30 heavy (non-hydrogen) atoms. The summed E-state index contributed by atoms with van der Waals surface area (Å²) in [5, 5.41) is 4.15. The highest BCUT2D eigenvalue weighted by molar-refractivity contribution is 6.16. The molecule has 0 aromatic heterocycles. The zero-order valence-electron chi connectivity index (χ0n) is 17.0. The molecule has 2 N–H and O–H groups in total. The van der Waals surface area contributed by atoms with E-state index >= 15 is 0 Å². The molecule has 0 unspecified atom stereocenters. The van der Waals surface area contributed by atoms with Crippen molar-refractivity contribution in [3.63, 3.8) is 0 Å². The summed E-state index contributed by atoms with van der Waals surface area (Å²) in [5.41, 5.74) is 0.501. The van der Waals surface area contributed by atoms with Crippen LogP contribution < -0.4 is 15.4 Å². The van der Waals surface area contributed by atoms with Crippen LogP contribution in [-0.4, -0.2) is 65.8 Å². The number of nitrogens with zero attached hydrogens (tertiary/aromatic N) is 2. The predicted molar refractivity (Wildman–Crippen MR) is 106 cm³/mol. The maximum atomic E-state index is 13.1. The first-order valence-corrected chi connectivity index (χ1v) is 10.2. The Morgan fingerprint density at radius 3 is 2.50 bits per heavy atom. The number of benzene rings is 1. The molecule has 0 radical (unpaired) electrons. The van der Waals surface area contributed by atoms with Gasteiger partial charge in [-0.3, -0.25) is 25.0 Å². The van der Waals surface area contributed by atoms with E-state index in [1.165, 1.54) is 0 Å². The Morgan fingerprint density at radius 1 is 1.13 bits per heavy atom. The highest BCUT2D eigenvalue weighted by atomic mass is 16.5. The van der Waals surface area contributed by atoms with Crippen LogP contribution in [-0.2, 0) is 20.9 Å². The molecule has 0 atom stereocenters. The molecule has 5 amide bonds. The van der Waals surface area contributed by atoms with Gasteiger partial charge in [0, 0.05) is 44.5 Å². The molecule has 0 bridgehead atoms. The quantitative estimate of drug-likeness (QED) is 0.703. The Morgan fingerprint density at radius 2 is 1.80 bits per heavy atom. The lowest BCUT2D eigenvalue weighted by Gasteiger charge is -2.41. The predicted octanol–water partition coefficient (Wildman–Crippen LogP) is 0.634. The SMILES string of the molecule is CN1CCC2(CC1)CN(C(=O)CCC1C(=O)NC(=O)NC1=O)Cc1ccccc1O2. The fourth-order valence-corrected chi connectivity index (χ4v) is 4.31. The molecule has 9 nitrogen and oxygen atoms in total. The lowest BCUT2D eigenvalue weighted by molar-refractivity contribution is -0.138. The van der Waals surface area contributed by atoms with Crippen molar-refractivity contribution in [2.45, 2.75) is 37.8 Å². The van der Waals surface area contributed by atoms with Crippen LogP contribution in [0.4, 0.5) is 4.79 Å². The van der Waals surface area contributed by atoms with Crippen molar-refractivity contribution in [3.8, 4) is 5.75 Å². The number of likely N-dealkylation sites (tertiary alicyclic amines) is 1. The van der Waals surface area contributed by atoms with Crippen LogP contribution in [0.5, 0.6) is 5.75 Å². The van der Waals surface area contributed by atoms with Gasteiger partial charge in [-0.15, -0.1) is 0 Å². The van der Waals surface area contributed by atoms with Gasteiger partial charge in [-0.05, 0) is 19.5 Å². The molecule has 0 saturated carbocycles. The van der Waals surface area contributed by atoms with E-state index in [2.05, 4.69) is 22.6 Å². The minimum atomic E-state index is -1.04. The van der Waals surface area contributed by atoms with Crippen LogP contribution in [0.25, 0.3) is 0 Å². The summed E-state index contributed by atoms with van der Waals surface area (Å²) >= 11 is 0. The summed E-state index contributed by atoms with van der Waals surface area (Å²) < 4.78 is 6.47. The largest absolute Gasteiger partial charge is 0.485 e. The van der Waals surface area contributed by atoms with E-state index in [0.29, 0.717) is 13.1 Å². The lowest BCUT2D eigenvalue weighted by Crippen LogP contribution is -2.56. The third kappa shape index (κ3) is 4.16. The number of amides is 5. The molecule has 1 aromatic carbocycles. The van der Waals surface area contributed by atoms with Gasteiger partial charge in [-0.2, -0.15) is 0 Å². The van der Waals surface area contributed by atoms with E-state index in [1.54, 1.807) is 4.90 Å². The molecule has 2 fully saturated rings. The summed E-state index contributed by atoms with van der Waals surface area (Å²) in [6.07, 6.45) is 1.73. The van der Waals surface area contributed by atoms with Gasteiger partial charge in [0.25, 0.3) is 0 Å². The van der Waals surface area contributed by atoms with Gasteiger partial charge in [0.1, 0.15) is 17.3 Å². The number of hydrogen-bond acceptors (Lipinski definition) is 6. The molecule has 1 aromatic rings. The second-order valence-electron chi connectivity index (χ2n) is 8.34. The van der Waals surface area contributed by atoms with E-state index in [9.17, 15) is 19.2 Å². The fraction of sp³-hybridized carbons (Fsp3) is 0.524. The molecule has 160 valence electrons. The molecule has 9 heteroatoms. The normalized spacial score (nSPS) is 22.0. The number of piperidine rings is 1. The van der Waals surface area contributed by atoms with Gasteiger partial charge in [0.15, 0.2) is 0 Å². The van der Waals surface area contributed by atoms with Crippen LogP contribution in [0.15, 0.2) is 24.3 Å². The van der Waals surface area contributed by atoms with Crippen LogP contribution in [0, 0.1) is 5.92 Å². The number of fused-ring (bicyclic) bond motifs is 1. The van der Waals surface area contributed by atoms with E-state index in [0.717, 1.165) is 37.2 Å². The van der Waals surface area contributed by atoms with Crippen molar-refractivity contribution in [2.75, 3.05) is 26.7 Å². The highest BCUT2D eigenvalue weighted by Crippen LogP contribution is 2.35. The number of rotatable bonds is 3. The Labute approximate surface area is 174 Å². The Kier molecular flexibility index (Phi) is 5.46. The average molecular weight is 414 g/mol. The Bertz CT molecular complexity index is 858. The van der Waals surface area contributed by atoms with Crippen LogP contribution in [0.2, 0.25) is 0 Å². The molecular formula is C21H26N4O5. The Balaban J connectivity index is 1.49. The van der Waals surface area contributed by atoms with Crippen molar-refractivity contribution >= 4 is 23.8 Å². The number of urea groups is 1. The van der Waals surface area contributed by atoms with E-state index in [1.807, 2.05) is 24.3 Å². The molecule has 4 rings (SSSR count). The molecule has 2 saturated heterocycles. The van der Waals surface area contributed by atoms with Crippen LogP contribution in [0.1, 0.15) is 31.2 Å². The second kappa shape index (κ2) is 8.06. The molecule has 3 aliphatic heterocycles. The van der Waals surface area contributed by atoms with Gasteiger partial charge in [0.2, 0.25) is 17.7 Å². The molecule has 0 aliphatic carbocycles. The zero-order valence-corrected chi connectivity index (χ0v) is 17.0. The average Bonchev–Trinajstić information content (AvgIpc) is 2.86.